The molecule has 0 saturated carbocycles. The molecule has 0 radical (unpaired) electrons. The first-order chi connectivity index (χ1) is 8.56. The summed E-state index contributed by atoms with van der Waals surface area (Å²) < 4.78 is 5.27. The van der Waals surface area contributed by atoms with Crippen LogP contribution in [0.5, 0.6) is 0 Å². The normalized spacial score (nSPS) is 18.4. The van der Waals surface area contributed by atoms with Gasteiger partial charge in [0, 0.05) is 32.2 Å². The van der Waals surface area contributed by atoms with Gasteiger partial charge in [-0.25, -0.2) is 4.79 Å². The van der Waals surface area contributed by atoms with Crippen molar-refractivity contribution in [2.75, 3.05) is 26.2 Å². The first-order valence-corrected chi connectivity index (χ1v) is 6.34. The van der Waals surface area contributed by atoms with Crippen LogP contribution in [0, 0.1) is 0 Å². The molecule has 1 N–H and O–H groups in total. The first kappa shape index (κ1) is 13.1. The van der Waals surface area contributed by atoms with Gasteiger partial charge in [-0.05, 0) is 26.0 Å². The van der Waals surface area contributed by atoms with Crippen molar-refractivity contribution < 1.29 is 14.3 Å². The molecule has 0 spiro atoms. The van der Waals surface area contributed by atoms with Crippen LogP contribution < -0.4 is 0 Å². The Bertz CT molecular complexity index is 406. The van der Waals surface area contributed by atoms with Crippen LogP contribution in [-0.2, 0) is 6.54 Å². The van der Waals surface area contributed by atoms with Crippen molar-refractivity contribution >= 4 is 5.97 Å². The number of carboxylic acids is 1. The van der Waals surface area contributed by atoms with Crippen LogP contribution in [0.2, 0.25) is 0 Å². The van der Waals surface area contributed by atoms with E-state index in [4.69, 9.17) is 9.52 Å². The molecular weight excluding hydrogens is 232 g/mol. The molecular formula is C13H20N2O3. The Balaban J connectivity index is 1.85. The number of piperazine rings is 1. The molecule has 18 heavy (non-hydrogen) atoms. The van der Waals surface area contributed by atoms with E-state index >= 15 is 0 Å². The van der Waals surface area contributed by atoms with Crippen LogP contribution in [0.1, 0.15) is 30.2 Å². The smallest absolute Gasteiger partial charge is 0.371 e. The van der Waals surface area contributed by atoms with Gasteiger partial charge in [-0.1, -0.05) is 0 Å². The maximum atomic E-state index is 10.7. The molecule has 5 heteroatoms. The van der Waals surface area contributed by atoms with E-state index in [0.717, 1.165) is 31.9 Å². The van der Waals surface area contributed by atoms with E-state index in [0.29, 0.717) is 12.6 Å². The molecule has 1 saturated heterocycles. The fourth-order valence-electron chi connectivity index (χ4n) is 2.24. The van der Waals surface area contributed by atoms with Crippen LogP contribution in [0.15, 0.2) is 16.5 Å². The average Bonchev–Trinajstić information content (AvgIpc) is 2.78. The fourth-order valence-corrected chi connectivity index (χ4v) is 2.24. The Morgan fingerprint density at radius 3 is 2.50 bits per heavy atom. The highest BCUT2D eigenvalue weighted by molar-refractivity contribution is 5.84. The summed E-state index contributed by atoms with van der Waals surface area (Å²) >= 11 is 0. The molecule has 1 aliphatic heterocycles. The quantitative estimate of drug-likeness (QED) is 0.880. The molecule has 2 heterocycles. The van der Waals surface area contributed by atoms with Crippen LogP contribution in [-0.4, -0.2) is 53.1 Å². The van der Waals surface area contributed by atoms with Crippen molar-refractivity contribution in [3.8, 4) is 0 Å². The third kappa shape index (κ3) is 3.11. The zero-order valence-corrected chi connectivity index (χ0v) is 10.9. The van der Waals surface area contributed by atoms with Gasteiger partial charge in [0.25, 0.3) is 0 Å². The van der Waals surface area contributed by atoms with Gasteiger partial charge in [0.1, 0.15) is 5.76 Å². The number of carbonyl (C=O) groups is 1. The largest absolute Gasteiger partial charge is 0.475 e. The van der Waals surface area contributed by atoms with E-state index < -0.39 is 5.97 Å². The summed E-state index contributed by atoms with van der Waals surface area (Å²) in [6, 6.07) is 3.86. The molecule has 1 aromatic rings. The number of hydrogen-bond donors (Lipinski definition) is 1. The predicted octanol–water partition coefficient (Wildman–Crippen LogP) is 1.50. The second-order valence-corrected chi connectivity index (χ2v) is 4.98. The summed E-state index contributed by atoms with van der Waals surface area (Å²) in [4.78, 5) is 15.5. The van der Waals surface area contributed by atoms with Gasteiger partial charge in [-0.2, -0.15) is 0 Å². The Kier molecular flexibility index (Phi) is 4.04. The maximum Gasteiger partial charge on any atom is 0.371 e. The first-order valence-electron chi connectivity index (χ1n) is 6.34. The number of furan rings is 1. The second kappa shape index (κ2) is 5.54. The molecule has 2 rings (SSSR count). The summed E-state index contributed by atoms with van der Waals surface area (Å²) in [5.41, 5.74) is 0. The lowest BCUT2D eigenvalue weighted by Gasteiger charge is -2.36. The van der Waals surface area contributed by atoms with Gasteiger partial charge in [0.05, 0.1) is 6.54 Å². The molecule has 0 unspecified atom stereocenters. The van der Waals surface area contributed by atoms with E-state index in [1.807, 2.05) is 0 Å². The standard InChI is InChI=1S/C13H20N2O3/c1-10(2)15-7-5-14(6-8-15)9-11-3-4-12(18-11)13(16)17/h3-4,10H,5-9H2,1-2H3,(H,16,17). The highest BCUT2D eigenvalue weighted by Gasteiger charge is 2.20. The Morgan fingerprint density at radius 2 is 2.00 bits per heavy atom. The Labute approximate surface area is 107 Å². The molecule has 0 aliphatic carbocycles. The van der Waals surface area contributed by atoms with Gasteiger partial charge < -0.3 is 9.52 Å². The minimum Gasteiger partial charge on any atom is -0.475 e. The lowest BCUT2D eigenvalue weighted by molar-refractivity contribution is 0.0653. The second-order valence-electron chi connectivity index (χ2n) is 4.98. The third-order valence-electron chi connectivity index (χ3n) is 3.39. The zero-order chi connectivity index (χ0) is 13.1. The van der Waals surface area contributed by atoms with Gasteiger partial charge >= 0.3 is 5.97 Å². The SMILES string of the molecule is CC(C)N1CCN(Cc2ccc(C(=O)O)o2)CC1. The minimum absolute atomic E-state index is 0.0193. The summed E-state index contributed by atoms with van der Waals surface area (Å²) in [6.45, 7) is 9.23. The molecule has 0 aromatic carbocycles. The molecule has 0 atom stereocenters. The predicted molar refractivity (Wildman–Crippen MR) is 67.7 cm³/mol. The maximum absolute atomic E-state index is 10.7. The van der Waals surface area contributed by atoms with E-state index in [9.17, 15) is 4.79 Å². The van der Waals surface area contributed by atoms with E-state index in [-0.39, 0.29) is 5.76 Å². The minimum atomic E-state index is -1.01. The molecule has 5 nitrogen and oxygen atoms in total. The van der Waals surface area contributed by atoms with Gasteiger partial charge in [-0.15, -0.1) is 0 Å². The fraction of sp³-hybridized carbons (Fsp3) is 0.615. The number of nitrogens with zero attached hydrogens (tertiary/aromatic N) is 2. The number of hydrogen-bond acceptors (Lipinski definition) is 4. The summed E-state index contributed by atoms with van der Waals surface area (Å²) in [7, 11) is 0. The van der Waals surface area contributed by atoms with Crippen LogP contribution in [0.3, 0.4) is 0 Å². The van der Waals surface area contributed by atoms with Gasteiger partial charge in [-0.3, -0.25) is 9.80 Å². The third-order valence-corrected chi connectivity index (χ3v) is 3.39. The van der Waals surface area contributed by atoms with Crippen molar-refractivity contribution in [3.63, 3.8) is 0 Å². The van der Waals surface area contributed by atoms with E-state index in [2.05, 4.69) is 23.6 Å². The van der Waals surface area contributed by atoms with Crippen LogP contribution >= 0.6 is 0 Å². The molecule has 100 valence electrons. The average molecular weight is 252 g/mol. The monoisotopic (exact) mass is 252 g/mol. The Hall–Kier alpha value is -1.33. The van der Waals surface area contributed by atoms with Crippen molar-refractivity contribution in [3.05, 3.63) is 23.7 Å². The highest BCUT2D eigenvalue weighted by atomic mass is 16.4. The number of rotatable bonds is 4. The summed E-state index contributed by atoms with van der Waals surface area (Å²) in [5.74, 6) is -0.262. The summed E-state index contributed by atoms with van der Waals surface area (Å²) in [6.07, 6.45) is 0. The molecule has 1 aliphatic rings. The lowest BCUT2D eigenvalue weighted by atomic mass is 10.2. The topological polar surface area (TPSA) is 56.9 Å². The van der Waals surface area contributed by atoms with Crippen molar-refractivity contribution in [1.29, 1.82) is 0 Å². The molecule has 0 bridgehead atoms. The van der Waals surface area contributed by atoms with Gasteiger partial charge in [0.2, 0.25) is 5.76 Å². The lowest BCUT2D eigenvalue weighted by Crippen LogP contribution is -2.48. The zero-order valence-electron chi connectivity index (χ0n) is 10.9. The Morgan fingerprint density at radius 1 is 1.33 bits per heavy atom. The molecule has 0 amide bonds. The number of carboxylic acid groups (broad SMARTS) is 1. The number of aromatic carboxylic acids is 1. The van der Waals surface area contributed by atoms with E-state index in [1.54, 1.807) is 6.07 Å². The van der Waals surface area contributed by atoms with Crippen LogP contribution in [0.4, 0.5) is 0 Å². The highest BCUT2D eigenvalue weighted by Crippen LogP contribution is 2.13. The van der Waals surface area contributed by atoms with Crippen molar-refractivity contribution in [2.24, 2.45) is 0 Å². The van der Waals surface area contributed by atoms with Gasteiger partial charge in [0.15, 0.2) is 0 Å². The molecule has 1 aromatic heterocycles. The van der Waals surface area contributed by atoms with Crippen molar-refractivity contribution in [1.82, 2.24) is 9.80 Å². The van der Waals surface area contributed by atoms with E-state index in [1.165, 1.54) is 6.07 Å². The van der Waals surface area contributed by atoms with Crippen molar-refractivity contribution in [2.45, 2.75) is 26.4 Å². The van der Waals surface area contributed by atoms with Crippen LogP contribution in [0.25, 0.3) is 0 Å². The molecule has 1 fully saturated rings. The summed E-state index contributed by atoms with van der Waals surface area (Å²) in [5, 5.41) is 8.79.